The minimum atomic E-state index is -1.19. The van der Waals surface area contributed by atoms with Crippen molar-refractivity contribution < 1.29 is 18.7 Å². The van der Waals surface area contributed by atoms with Crippen molar-refractivity contribution in [2.24, 2.45) is 11.0 Å². The first-order valence-corrected chi connectivity index (χ1v) is 9.48. The molecule has 0 bridgehead atoms. The number of aryl methyl sites for hydroxylation is 1. The van der Waals surface area contributed by atoms with Crippen LogP contribution in [-0.4, -0.2) is 32.8 Å². The van der Waals surface area contributed by atoms with Gasteiger partial charge in [0.2, 0.25) is 5.16 Å². The van der Waals surface area contributed by atoms with Crippen LogP contribution >= 0.6 is 11.8 Å². The Kier molecular flexibility index (Phi) is 4.61. The summed E-state index contributed by atoms with van der Waals surface area (Å²) in [4.78, 5) is 10.8. The lowest BCUT2D eigenvalue weighted by molar-refractivity contribution is -0.301. The van der Waals surface area contributed by atoms with Crippen molar-refractivity contribution in [2.45, 2.75) is 31.3 Å². The lowest BCUT2D eigenvalue weighted by atomic mass is 10.2. The monoisotopic (exact) mass is 385 g/mol. The second-order valence-electron chi connectivity index (χ2n) is 6.47. The summed E-state index contributed by atoms with van der Waals surface area (Å²) in [6.07, 6.45) is 4.27. The number of carboxylic acids is 1. The highest BCUT2D eigenvalue weighted by Gasteiger charge is 2.36. The van der Waals surface area contributed by atoms with Crippen LogP contribution in [0.1, 0.15) is 36.5 Å². The lowest BCUT2D eigenvalue weighted by Gasteiger charge is -2.04. The second kappa shape index (κ2) is 7.07. The first-order valence-electron chi connectivity index (χ1n) is 8.49. The number of carbonyl (C=O) groups excluding carboxylic acids is 1. The Morgan fingerprint density at radius 3 is 2.93 bits per heavy atom. The molecule has 0 N–H and O–H groups in total. The number of rotatable bonds is 7. The standard InChI is InChI=1S/C18H18N4O4S/c1-10-7-14(10)15-4-3-12(26-15)8-19-22-17(13-5-6-25-11(13)2)20-21-18(22)27-9-16(23)24/h3-6,8,10,14H,7,9H2,1-2H3,(H,23,24)/p-1/b19-8-/t10-,14+/m0/s1. The molecule has 1 fully saturated rings. The Bertz CT molecular complexity index is 1000. The SMILES string of the molecule is Cc1occc1-c1nnc(SCC(=O)[O-])n1/N=C\c1ccc([C@@H]2C[C@@H]2C)o1. The Labute approximate surface area is 159 Å². The van der Waals surface area contributed by atoms with Gasteiger partial charge in [-0.25, -0.2) is 0 Å². The van der Waals surface area contributed by atoms with Crippen molar-refractivity contribution in [3.05, 3.63) is 41.7 Å². The van der Waals surface area contributed by atoms with Crippen molar-refractivity contribution in [1.29, 1.82) is 0 Å². The molecule has 2 atom stereocenters. The molecule has 9 heteroatoms. The molecule has 1 aliphatic rings. The predicted molar refractivity (Wildman–Crippen MR) is 96.4 cm³/mol. The Morgan fingerprint density at radius 1 is 1.44 bits per heavy atom. The zero-order valence-corrected chi connectivity index (χ0v) is 15.6. The molecule has 0 radical (unpaired) electrons. The quantitative estimate of drug-likeness (QED) is 0.453. The second-order valence-corrected chi connectivity index (χ2v) is 7.42. The van der Waals surface area contributed by atoms with Crippen LogP contribution in [0.15, 0.2) is 43.6 Å². The molecule has 3 aromatic heterocycles. The van der Waals surface area contributed by atoms with Gasteiger partial charge >= 0.3 is 0 Å². The number of hydrogen-bond donors (Lipinski definition) is 0. The van der Waals surface area contributed by atoms with Gasteiger partial charge in [0, 0.05) is 11.7 Å². The molecule has 0 saturated heterocycles. The molecule has 0 aromatic carbocycles. The summed E-state index contributed by atoms with van der Waals surface area (Å²) < 4.78 is 12.6. The van der Waals surface area contributed by atoms with Gasteiger partial charge in [-0.3, -0.25) is 0 Å². The van der Waals surface area contributed by atoms with Gasteiger partial charge in [0.1, 0.15) is 17.3 Å². The van der Waals surface area contributed by atoms with Crippen LogP contribution in [-0.2, 0) is 4.79 Å². The van der Waals surface area contributed by atoms with Crippen LogP contribution in [0.25, 0.3) is 11.4 Å². The van der Waals surface area contributed by atoms with Gasteiger partial charge in [-0.15, -0.1) is 10.2 Å². The topological polar surface area (TPSA) is 109 Å². The van der Waals surface area contributed by atoms with E-state index in [1.807, 2.05) is 19.1 Å². The number of aromatic nitrogens is 3. The zero-order valence-electron chi connectivity index (χ0n) is 14.8. The molecular formula is C18H17N4O4S-. The van der Waals surface area contributed by atoms with Crippen LogP contribution in [0.2, 0.25) is 0 Å². The van der Waals surface area contributed by atoms with Gasteiger partial charge in [0.25, 0.3) is 0 Å². The molecule has 27 heavy (non-hydrogen) atoms. The van der Waals surface area contributed by atoms with E-state index in [2.05, 4.69) is 22.2 Å². The van der Waals surface area contributed by atoms with Gasteiger partial charge in [-0.05, 0) is 37.5 Å². The summed E-state index contributed by atoms with van der Waals surface area (Å²) in [7, 11) is 0. The maximum Gasteiger partial charge on any atom is 0.212 e. The van der Waals surface area contributed by atoms with Crippen molar-refractivity contribution in [2.75, 3.05) is 5.75 Å². The highest BCUT2D eigenvalue weighted by molar-refractivity contribution is 7.99. The highest BCUT2D eigenvalue weighted by Crippen LogP contribution is 2.47. The largest absolute Gasteiger partial charge is 0.549 e. The molecule has 0 unspecified atom stereocenters. The lowest BCUT2D eigenvalue weighted by Crippen LogP contribution is -2.24. The fourth-order valence-electron chi connectivity index (χ4n) is 2.84. The smallest absolute Gasteiger partial charge is 0.212 e. The highest BCUT2D eigenvalue weighted by atomic mass is 32.2. The maximum absolute atomic E-state index is 10.8. The third-order valence-corrected chi connectivity index (χ3v) is 5.35. The van der Waals surface area contributed by atoms with Crippen molar-refractivity contribution in [1.82, 2.24) is 14.9 Å². The van der Waals surface area contributed by atoms with Crippen LogP contribution in [0.3, 0.4) is 0 Å². The molecule has 1 saturated carbocycles. The Hall–Kier alpha value is -2.81. The Morgan fingerprint density at radius 2 is 2.26 bits per heavy atom. The number of carbonyl (C=O) groups is 1. The van der Waals surface area contributed by atoms with Crippen LogP contribution in [0, 0.1) is 12.8 Å². The predicted octanol–water partition coefficient (Wildman–Crippen LogP) is 2.29. The van der Waals surface area contributed by atoms with Crippen LogP contribution in [0.5, 0.6) is 0 Å². The number of furan rings is 2. The van der Waals surface area contributed by atoms with E-state index in [0.29, 0.717) is 34.3 Å². The van der Waals surface area contributed by atoms with E-state index in [1.54, 1.807) is 18.5 Å². The average molecular weight is 385 g/mol. The van der Waals surface area contributed by atoms with Crippen molar-refractivity contribution in [3.63, 3.8) is 0 Å². The molecule has 8 nitrogen and oxygen atoms in total. The van der Waals surface area contributed by atoms with E-state index in [-0.39, 0.29) is 5.75 Å². The van der Waals surface area contributed by atoms with Gasteiger partial charge in [-0.1, -0.05) is 18.7 Å². The third kappa shape index (κ3) is 3.68. The zero-order chi connectivity index (χ0) is 19.0. The van der Waals surface area contributed by atoms with E-state index >= 15 is 0 Å². The summed E-state index contributed by atoms with van der Waals surface area (Å²) >= 11 is 0.987. The van der Waals surface area contributed by atoms with E-state index in [4.69, 9.17) is 8.83 Å². The number of aliphatic carboxylic acids is 1. The summed E-state index contributed by atoms with van der Waals surface area (Å²) in [6.45, 7) is 4.00. The molecule has 4 rings (SSSR count). The number of thioether (sulfide) groups is 1. The minimum Gasteiger partial charge on any atom is -0.549 e. The summed E-state index contributed by atoms with van der Waals surface area (Å²) in [5.41, 5.74) is 0.729. The Balaban J connectivity index is 1.64. The summed E-state index contributed by atoms with van der Waals surface area (Å²) in [5, 5.41) is 23.7. The first-order chi connectivity index (χ1) is 13.0. The molecule has 140 valence electrons. The first kappa shape index (κ1) is 17.6. The molecule has 0 aliphatic heterocycles. The molecular weight excluding hydrogens is 368 g/mol. The molecule has 1 aliphatic carbocycles. The molecule has 3 aromatic rings. The molecule has 3 heterocycles. The van der Waals surface area contributed by atoms with Gasteiger partial charge < -0.3 is 18.7 Å². The van der Waals surface area contributed by atoms with E-state index in [0.717, 1.165) is 29.5 Å². The normalized spacial score (nSPS) is 19.0. The number of nitrogens with zero attached hydrogens (tertiary/aromatic N) is 4. The van der Waals surface area contributed by atoms with Crippen LogP contribution < -0.4 is 5.11 Å². The fraction of sp³-hybridized carbons (Fsp3) is 0.333. The van der Waals surface area contributed by atoms with Crippen molar-refractivity contribution in [3.8, 4) is 11.4 Å². The third-order valence-electron chi connectivity index (χ3n) is 4.45. The van der Waals surface area contributed by atoms with E-state index < -0.39 is 5.97 Å². The van der Waals surface area contributed by atoms with E-state index in [1.165, 1.54) is 4.68 Å². The summed E-state index contributed by atoms with van der Waals surface area (Å²) in [5.74, 6) is 2.41. The van der Waals surface area contributed by atoms with Crippen molar-refractivity contribution >= 4 is 23.9 Å². The average Bonchev–Trinajstić information content (AvgIpc) is 3.03. The minimum absolute atomic E-state index is 0.248. The number of carboxylic acid groups (broad SMARTS) is 1. The molecule has 0 amide bonds. The maximum atomic E-state index is 10.8. The van der Waals surface area contributed by atoms with Gasteiger partial charge in [-0.2, -0.15) is 9.78 Å². The van der Waals surface area contributed by atoms with Gasteiger partial charge in [0.05, 0.1) is 24.0 Å². The van der Waals surface area contributed by atoms with Crippen LogP contribution in [0.4, 0.5) is 0 Å². The fourth-order valence-corrected chi connectivity index (χ4v) is 3.44. The molecule has 0 spiro atoms. The van der Waals surface area contributed by atoms with Gasteiger partial charge in [0.15, 0.2) is 5.82 Å². The van der Waals surface area contributed by atoms with E-state index in [9.17, 15) is 9.90 Å². The summed E-state index contributed by atoms with van der Waals surface area (Å²) in [6, 6.07) is 5.59. The number of hydrogen-bond acceptors (Lipinski definition) is 8.